The molecule has 0 aliphatic rings. The van der Waals surface area contributed by atoms with Crippen molar-refractivity contribution in [3.8, 4) is 0 Å². The number of carbonyl (C=O) groups is 1. The van der Waals surface area contributed by atoms with Gasteiger partial charge in [0.25, 0.3) is 11.7 Å². The van der Waals surface area contributed by atoms with Gasteiger partial charge in [0.1, 0.15) is 11.1 Å². The van der Waals surface area contributed by atoms with Crippen molar-refractivity contribution in [2.75, 3.05) is 25.0 Å². The lowest BCUT2D eigenvalue weighted by Crippen LogP contribution is -2.31. The quantitative estimate of drug-likeness (QED) is 0.700. The number of sulfonamides is 1. The summed E-state index contributed by atoms with van der Waals surface area (Å²) in [6.07, 6.45) is 1.39. The summed E-state index contributed by atoms with van der Waals surface area (Å²) in [6.45, 7) is 4.39. The number of nitrogens with two attached hydrogens (primary N) is 1. The normalized spacial score (nSPS) is 11.5. The van der Waals surface area contributed by atoms with Crippen LogP contribution in [0.25, 0.3) is 0 Å². The van der Waals surface area contributed by atoms with Crippen molar-refractivity contribution in [3.63, 3.8) is 0 Å². The van der Waals surface area contributed by atoms with Crippen LogP contribution in [0.5, 0.6) is 0 Å². The van der Waals surface area contributed by atoms with Gasteiger partial charge in [0.15, 0.2) is 6.54 Å². The summed E-state index contributed by atoms with van der Waals surface area (Å²) >= 11 is 0. The Hall–Kier alpha value is -1.67. The van der Waals surface area contributed by atoms with Crippen molar-refractivity contribution >= 4 is 21.7 Å². The SMILES string of the molecule is CCN(CC)S(=O)(=O)c1ccc(NCC(N)=O)[nH+]c1. The Bertz CT molecular complexity index is 523. The van der Waals surface area contributed by atoms with Gasteiger partial charge in [-0.3, -0.25) is 10.1 Å². The molecule has 1 heterocycles. The van der Waals surface area contributed by atoms with Crippen LogP contribution in [0, 0.1) is 0 Å². The number of primary amides is 1. The van der Waals surface area contributed by atoms with E-state index in [0.29, 0.717) is 18.9 Å². The van der Waals surface area contributed by atoms with Crippen LogP contribution in [0.1, 0.15) is 13.8 Å². The van der Waals surface area contributed by atoms with E-state index >= 15 is 0 Å². The minimum absolute atomic E-state index is 0.0152. The number of rotatable bonds is 7. The highest BCUT2D eigenvalue weighted by molar-refractivity contribution is 7.89. The third-order valence-corrected chi connectivity index (χ3v) is 4.63. The molecule has 0 saturated carbocycles. The van der Waals surface area contributed by atoms with Crippen LogP contribution in [-0.4, -0.2) is 38.3 Å². The molecule has 7 nitrogen and oxygen atoms in total. The van der Waals surface area contributed by atoms with E-state index in [-0.39, 0.29) is 11.4 Å². The first kappa shape index (κ1) is 15.4. The van der Waals surface area contributed by atoms with Gasteiger partial charge in [-0.2, -0.15) is 4.31 Å². The number of H-pyrrole nitrogens is 1. The number of hydrogen-bond donors (Lipinski definition) is 2. The largest absolute Gasteiger partial charge is 0.366 e. The van der Waals surface area contributed by atoms with Crippen LogP contribution >= 0.6 is 0 Å². The Morgan fingerprint density at radius 3 is 2.42 bits per heavy atom. The molecule has 0 bridgehead atoms. The summed E-state index contributed by atoms with van der Waals surface area (Å²) < 4.78 is 25.7. The Morgan fingerprint density at radius 1 is 1.37 bits per heavy atom. The maximum atomic E-state index is 12.2. The molecule has 0 aliphatic heterocycles. The summed E-state index contributed by atoms with van der Waals surface area (Å²) in [5.41, 5.74) is 5.00. The second-order valence-corrected chi connectivity index (χ2v) is 5.79. The number of hydrogen-bond acceptors (Lipinski definition) is 4. The van der Waals surface area contributed by atoms with E-state index in [4.69, 9.17) is 5.73 Å². The lowest BCUT2D eigenvalue weighted by atomic mass is 10.4. The van der Waals surface area contributed by atoms with Crippen molar-refractivity contribution in [3.05, 3.63) is 18.3 Å². The number of amides is 1. The average molecular weight is 287 g/mol. The van der Waals surface area contributed by atoms with E-state index in [2.05, 4.69) is 10.3 Å². The fraction of sp³-hybridized carbons (Fsp3) is 0.455. The fourth-order valence-electron chi connectivity index (χ4n) is 1.58. The Kier molecular flexibility index (Phi) is 5.25. The molecule has 0 aliphatic carbocycles. The van der Waals surface area contributed by atoms with Gasteiger partial charge in [0, 0.05) is 19.2 Å². The maximum absolute atomic E-state index is 12.2. The average Bonchev–Trinajstić information content (AvgIpc) is 2.38. The van der Waals surface area contributed by atoms with E-state index in [1.807, 2.05) is 0 Å². The number of nitrogens with zero attached hydrogens (tertiary/aromatic N) is 1. The zero-order valence-electron chi connectivity index (χ0n) is 11.0. The van der Waals surface area contributed by atoms with Gasteiger partial charge < -0.3 is 5.73 Å². The second-order valence-electron chi connectivity index (χ2n) is 3.85. The number of nitrogens with one attached hydrogen (secondary N) is 2. The van der Waals surface area contributed by atoms with Gasteiger partial charge >= 0.3 is 0 Å². The topological polar surface area (TPSA) is 107 Å². The second kappa shape index (κ2) is 6.48. The number of aromatic nitrogens is 1. The number of carbonyl (C=O) groups excluding carboxylic acids is 1. The molecule has 0 unspecified atom stereocenters. The molecule has 0 fully saturated rings. The summed E-state index contributed by atoms with van der Waals surface area (Å²) in [5, 5.41) is 2.74. The van der Waals surface area contributed by atoms with Crippen molar-refractivity contribution in [1.29, 1.82) is 0 Å². The van der Waals surface area contributed by atoms with Crippen LogP contribution < -0.4 is 16.0 Å². The fourth-order valence-corrected chi connectivity index (χ4v) is 3.00. The molecule has 1 aromatic rings. The highest BCUT2D eigenvalue weighted by atomic mass is 32.2. The molecular formula is C11H19N4O3S+. The highest BCUT2D eigenvalue weighted by Crippen LogP contribution is 2.13. The highest BCUT2D eigenvalue weighted by Gasteiger charge is 2.22. The van der Waals surface area contributed by atoms with Crippen LogP contribution in [0.4, 0.5) is 5.82 Å². The predicted octanol–water partition coefficient (Wildman–Crippen LogP) is -0.572. The van der Waals surface area contributed by atoms with E-state index in [1.165, 1.54) is 16.6 Å². The van der Waals surface area contributed by atoms with Crippen LogP contribution in [-0.2, 0) is 14.8 Å². The molecular weight excluding hydrogens is 268 g/mol. The van der Waals surface area contributed by atoms with E-state index < -0.39 is 15.9 Å². The lowest BCUT2D eigenvalue weighted by Gasteiger charge is -2.17. The molecule has 0 radical (unpaired) electrons. The first-order valence-electron chi connectivity index (χ1n) is 5.95. The molecule has 1 aromatic heterocycles. The molecule has 1 rings (SSSR count). The van der Waals surface area contributed by atoms with Crippen molar-refractivity contribution < 1.29 is 18.2 Å². The first-order valence-corrected chi connectivity index (χ1v) is 7.39. The lowest BCUT2D eigenvalue weighted by molar-refractivity contribution is -0.364. The molecule has 1 amide bonds. The first-order chi connectivity index (χ1) is 8.91. The molecule has 0 spiro atoms. The number of pyridine rings is 1. The van der Waals surface area contributed by atoms with E-state index in [1.54, 1.807) is 19.9 Å². The Balaban J connectivity index is 2.89. The van der Waals surface area contributed by atoms with Crippen LogP contribution in [0.3, 0.4) is 0 Å². The standard InChI is InChI=1S/C11H18N4O3S/c1-3-15(4-2)19(17,18)9-5-6-11(13-7-9)14-8-10(12)16/h5-7H,3-4,8H2,1-2H3,(H2,12,16)(H,13,14)/p+1. The van der Waals surface area contributed by atoms with Gasteiger partial charge in [0.2, 0.25) is 10.0 Å². The Morgan fingerprint density at radius 2 is 2.00 bits per heavy atom. The molecule has 0 atom stereocenters. The van der Waals surface area contributed by atoms with Gasteiger partial charge in [0.05, 0.1) is 0 Å². The predicted molar refractivity (Wildman–Crippen MR) is 70.8 cm³/mol. The minimum atomic E-state index is -3.47. The number of aromatic amines is 1. The molecule has 8 heteroatoms. The molecule has 0 aromatic carbocycles. The Labute approximate surface area is 112 Å². The minimum Gasteiger partial charge on any atom is -0.366 e. The smallest absolute Gasteiger partial charge is 0.272 e. The molecule has 4 N–H and O–H groups in total. The third-order valence-electron chi connectivity index (χ3n) is 2.58. The van der Waals surface area contributed by atoms with Crippen LogP contribution in [0.2, 0.25) is 0 Å². The summed E-state index contributed by atoms with van der Waals surface area (Å²) in [6, 6.07) is 3.03. The van der Waals surface area contributed by atoms with Crippen molar-refractivity contribution in [2.45, 2.75) is 18.7 Å². The molecule has 106 valence electrons. The van der Waals surface area contributed by atoms with Crippen molar-refractivity contribution in [1.82, 2.24) is 4.31 Å². The van der Waals surface area contributed by atoms with Gasteiger partial charge in [-0.1, -0.05) is 13.8 Å². The number of anilines is 1. The van der Waals surface area contributed by atoms with E-state index in [9.17, 15) is 13.2 Å². The summed E-state index contributed by atoms with van der Waals surface area (Å²) in [4.78, 5) is 13.6. The monoisotopic (exact) mass is 287 g/mol. The zero-order valence-corrected chi connectivity index (χ0v) is 11.8. The van der Waals surface area contributed by atoms with Gasteiger partial charge in [-0.15, -0.1) is 0 Å². The van der Waals surface area contributed by atoms with Gasteiger partial charge in [-0.05, 0) is 6.07 Å². The zero-order chi connectivity index (χ0) is 14.5. The molecule has 0 saturated heterocycles. The van der Waals surface area contributed by atoms with Crippen LogP contribution in [0.15, 0.2) is 23.2 Å². The maximum Gasteiger partial charge on any atom is 0.272 e. The summed E-state index contributed by atoms with van der Waals surface area (Å²) in [5.74, 6) is 0.0329. The van der Waals surface area contributed by atoms with Crippen molar-refractivity contribution in [2.24, 2.45) is 5.73 Å². The molecule has 19 heavy (non-hydrogen) atoms. The summed E-state index contributed by atoms with van der Waals surface area (Å²) in [7, 11) is -3.47. The van der Waals surface area contributed by atoms with Gasteiger partial charge in [-0.25, -0.2) is 13.4 Å². The third kappa shape index (κ3) is 3.90. The van der Waals surface area contributed by atoms with E-state index in [0.717, 1.165) is 0 Å².